The zero-order valence-corrected chi connectivity index (χ0v) is 15.8. The van der Waals surface area contributed by atoms with E-state index in [9.17, 15) is 4.79 Å². The van der Waals surface area contributed by atoms with Crippen LogP contribution in [0.2, 0.25) is 5.02 Å². The molecule has 1 aromatic heterocycles. The van der Waals surface area contributed by atoms with Crippen LogP contribution in [-0.2, 0) is 4.74 Å². The summed E-state index contributed by atoms with van der Waals surface area (Å²) in [6.45, 7) is 5.86. The number of ether oxygens (including phenoxy) is 1. The van der Waals surface area contributed by atoms with Crippen molar-refractivity contribution in [2.75, 3.05) is 62.3 Å². The van der Waals surface area contributed by atoms with Gasteiger partial charge in [-0.05, 0) is 24.3 Å². The molecule has 7 nitrogen and oxygen atoms in total. The molecule has 2 saturated heterocycles. The van der Waals surface area contributed by atoms with Gasteiger partial charge in [0.2, 0.25) is 0 Å². The van der Waals surface area contributed by atoms with Gasteiger partial charge in [0.05, 0.1) is 23.8 Å². The third kappa shape index (κ3) is 3.99. The number of hydrogen-bond donors (Lipinski definition) is 0. The summed E-state index contributed by atoms with van der Waals surface area (Å²) in [5.41, 5.74) is 0.558. The molecule has 2 aliphatic heterocycles. The Balaban J connectivity index is 1.36. The van der Waals surface area contributed by atoms with Crippen LogP contribution in [0.3, 0.4) is 0 Å². The van der Waals surface area contributed by atoms with Gasteiger partial charge in [0.1, 0.15) is 0 Å². The largest absolute Gasteiger partial charge is 0.378 e. The van der Waals surface area contributed by atoms with E-state index in [0.717, 1.165) is 51.0 Å². The highest BCUT2D eigenvalue weighted by atomic mass is 35.5. The van der Waals surface area contributed by atoms with Crippen LogP contribution in [0.5, 0.6) is 0 Å². The number of piperazine rings is 1. The molecule has 4 rings (SSSR count). The van der Waals surface area contributed by atoms with Crippen molar-refractivity contribution in [3.8, 4) is 0 Å². The van der Waals surface area contributed by atoms with Crippen LogP contribution >= 0.6 is 11.6 Å². The van der Waals surface area contributed by atoms with Gasteiger partial charge in [-0.3, -0.25) is 4.79 Å². The first kappa shape index (κ1) is 18.0. The van der Waals surface area contributed by atoms with Crippen molar-refractivity contribution in [3.63, 3.8) is 0 Å². The van der Waals surface area contributed by atoms with E-state index in [1.807, 2.05) is 29.2 Å². The molecule has 2 aliphatic rings. The Morgan fingerprint density at radius 2 is 1.44 bits per heavy atom. The molecule has 0 spiro atoms. The maximum absolute atomic E-state index is 12.7. The van der Waals surface area contributed by atoms with E-state index in [1.54, 1.807) is 12.1 Å². The fourth-order valence-electron chi connectivity index (χ4n) is 3.39. The Hall–Kier alpha value is -2.38. The predicted molar refractivity (Wildman–Crippen MR) is 105 cm³/mol. The molecule has 3 heterocycles. The molecular formula is C19H22ClN5O2. The number of amides is 1. The highest BCUT2D eigenvalue weighted by Gasteiger charge is 2.24. The summed E-state index contributed by atoms with van der Waals surface area (Å²) in [5.74, 6) is 1.71. The number of aromatic nitrogens is 2. The number of carbonyl (C=O) groups is 1. The molecule has 0 N–H and O–H groups in total. The SMILES string of the molecule is O=C(c1ccccc1Cl)N1CCN(c2ccc(N3CCOCC3)nn2)CC1. The van der Waals surface area contributed by atoms with E-state index in [2.05, 4.69) is 20.0 Å². The standard InChI is InChI=1S/C19H22ClN5O2/c20-16-4-2-1-3-15(16)19(26)25-9-7-23(8-10-25)17-5-6-18(22-21-17)24-11-13-27-14-12-24/h1-6H,7-14H2. The summed E-state index contributed by atoms with van der Waals surface area (Å²) >= 11 is 6.15. The fraction of sp³-hybridized carbons (Fsp3) is 0.421. The van der Waals surface area contributed by atoms with E-state index in [-0.39, 0.29) is 5.91 Å². The fourth-order valence-corrected chi connectivity index (χ4v) is 3.61. The monoisotopic (exact) mass is 387 g/mol. The van der Waals surface area contributed by atoms with Gasteiger partial charge in [-0.1, -0.05) is 23.7 Å². The molecule has 142 valence electrons. The second-order valence-corrected chi connectivity index (χ2v) is 7.02. The van der Waals surface area contributed by atoms with Gasteiger partial charge >= 0.3 is 0 Å². The Kier molecular flexibility index (Phi) is 5.40. The smallest absolute Gasteiger partial charge is 0.255 e. The van der Waals surface area contributed by atoms with Crippen molar-refractivity contribution in [2.45, 2.75) is 0 Å². The van der Waals surface area contributed by atoms with Crippen molar-refractivity contribution in [3.05, 3.63) is 47.0 Å². The highest BCUT2D eigenvalue weighted by molar-refractivity contribution is 6.33. The third-order valence-corrected chi connectivity index (χ3v) is 5.30. The third-order valence-electron chi connectivity index (χ3n) is 4.97. The number of carbonyl (C=O) groups excluding carboxylic acids is 1. The van der Waals surface area contributed by atoms with E-state index < -0.39 is 0 Å². The Morgan fingerprint density at radius 3 is 2.04 bits per heavy atom. The lowest BCUT2D eigenvalue weighted by Gasteiger charge is -2.35. The van der Waals surface area contributed by atoms with Gasteiger partial charge in [-0.25, -0.2) is 0 Å². The molecule has 2 aromatic rings. The summed E-state index contributed by atoms with van der Waals surface area (Å²) in [7, 11) is 0. The minimum atomic E-state index is -0.0194. The normalized spacial score (nSPS) is 17.9. The van der Waals surface area contributed by atoms with Crippen molar-refractivity contribution in [2.24, 2.45) is 0 Å². The number of benzene rings is 1. The summed E-state index contributed by atoms with van der Waals surface area (Å²) in [6, 6.07) is 11.2. The lowest BCUT2D eigenvalue weighted by molar-refractivity contribution is 0.0746. The number of hydrogen-bond acceptors (Lipinski definition) is 6. The van der Waals surface area contributed by atoms with Gasteiger partial charge in [-0.2, -0.15) is 0 Å². The molecule has 0 aliphatic carbocycles. The van der Waals surface area contributed by atoms with Crippen LogP contribution in [0.4, 0.5) is 11.6 Å². The van der Waals surface area contributed by atoms with Crippen LogP contribution in [0.1, 0.15) is 10.4 Å². The molecule has 0 atom stereocenters. The van der Waals surface area contributed by atoms with E-state index in [0.29, 0.717) is 23.7 Å². The van der Waals surface area contributed by atoms with Crippen LogP contribution in [-0.4, -0.2) is 73.5 Å². The van der Waals surface area contributed by atoms with Crippen LogP contribution < -0.4 is 9.80 Å². The van der Waals surface area contributed by atoms with Crippen molar-refractivity contribution < 1.29 is 9.53 Å². The summed E-state index contributed by atoms with van der Waals surface area (Å²) in [6.07, 6.45) is 0. The molecule has 27 heavy (non-hydrogen) atoms. The molecule has 0 bridgehead atoms. The number of morpholine rings is 1. The lowest BCUT2D eigenvalue weighted by atomic mass is 10.2. The molecule has 0 unspecified atom stereocenters. The highest BCUT2D eigenvalue weighted by Crippen LogP contribution is 2.20. The average Bonchev–Trinajstić information content (AvgIpc) is 2.74. The first-order valence-electron chi connectivity index (χ1n) is 9.17. The molecule has 1 amide bonds. The van der Waals surface area contributed by atoms with Crippen LogP contribution in [0.15, 0.2) is 36.4 Å². The predicted octanol–water partition coefficient (Wildman–Crippen LogP) is 1.93. The van der Waals surface area contributed by atoms with Gasteiger partial charge in [0.25, 0.3) is 5.91 Å². The second-order valence-electron chi connectivity index (χ2n) is 6.61. The van der Waals surface area contributed by atoms with Crippen molar-refractivity contribution >= 4 is 29.1 Å². The zero-order chi connectivity index (χ0) is 18.6. The number of halogens is 1. The van der Waals surface area contributed by atoms with Crippen molar-refractivity contribution in [1.29, 1.82) is 0 Å². The number of rotatable bonds is 3. The molecule has 0 saturated carbocycles. The minimum absolute atomic E-state index is 0.0194. The van der Waals surface area contributed by atoms with Gasteiger partial charge in [-0.15, -0.1) is 10.2 Å². The van der Waals surface area contributed by atoms with Gasteiger partial charge < -0.3 is 19.4 Å². The minimum Gasteiger partial charge on any atom is -0.378 e. The Morgan fingerprint density at radius 1 is 0.852 bits per heavy atom. The van der Waals surface area contributed by atoms with Gasteiger partial charge in [0.15, 0.2) is 11.6 Å². The molecule has 2 fully saturated rings. The first-order valence-corrected chi connectivity index (χ1v) is 9.55. The summed E-state index contributed by atoms with van der Waals surface area (Å²) in [5, 5.41) is 9.26. The van der Waals surface area contributed by atoms with E-state index in [4.69, 9.17) is 16.3 Å². The van der Waals surface area contributed by atoms with E-state index >= 15 is 0 Å². The number of anilines is 2. The van der Waals surface area contributed by atoms with Crippen molar-refractivity contribution in [1.82, 2.24) is 15.1 Å². The lowest BCUT2D eigenvalue weighted by Crippen LogP contribution is -2.49. The van der Waals surface area contributed by atoms with Crippen LogP contribution in [0, 0.1) is 0 Å². The Labute approximate surface area is 163 Å². The molecular weight excluding hydrogens is 366 g/mol. The van der Waals surface area contributed by atoms with Crippen LogP contribution in [0.25, 0.3) is 0 Å². The maximum Gasteiger partial charge on any atom is 0.255 e. The molecule has 1 aromatic carbocycles. The second kappa shape index (κ2) is 8.10. The Bertz CT molecular complexity index is 787. The first-order chi connectivity index (χ1) is 13.2. The van der Waals surface area contributed by atoms with Gasteiger partial charge in [0, 0.05) is 39.3 Å². The number of nitrogens with zero attached hydrogens (tertiary/aromatic N) is 5. The molecule has 8 heteroatoms. The molecule has 0 radical (unpaired) electrons. The quantitative estimate of drug-likeness (QED) is 0.802. The maximum atomic E-state index is 12.7. The zero-order valence-electron chi connectivity index (χ0n) is 15.1. The summed E-state index contributed by atoms with van der Waals surface area (Å²) in [4.78, 5) is 18.8. The average molecular weight is 388 g/mol. The summed E-state index contributed by atoms with van der Waals surface area (Å²) < 4.78 is 5.37. The topological polar surface area (TPSA) is 61.8 Å². The van der Waals surface area contributed by atoms with E-state index in [1.165, 1.54) is 0 Å².